The van der Waals surface area contributed by atoms with Gasteiger partial charge < -0.3 is 36.3 Å². The van der Waals surface area contributed by atoms with Crippen LogP contribution in [0.15, 0.2) is 54.6 Å². The molecule has 12 heteroatoms. The van der Waals surface area contributed by atoms with Crippen molar-refractivity contribution in [3.05, 3.63) is 76.3 Å². The van der Waals surface area contributed by atoms with Gasteiger partial charge in [-0.2, -0.15) is 0 Å². The molecule has 11 nitrogen and oxygen atoms in total. The number of amides is 3. The molecule has 4 rings (SSSR count). The molecular weight excluding hydrogens is 672 g/mol. The van der Waals surface area contributed by atoms with Gasteiger partial charge in [0.05, 0.1) is 29.2 Å². The fraction of sp³-hybridized carbons (Fsp3) is 0.538. The van der Waals surface area contributed by atoms with Crippen molar-refractivity contribution in [2.45, 2.75) is 110 Å². The Balaban J connectivity index is 1.39. The van der Waals surface area contributed by atoms with E-state index in [0.29, 0.717) is 42.1 Å². The molecule has 0 spiro atoms. The molecule has 0 radical (unpaired) electrons. The zero-order valence-corrected chi connectivity index (χ0v) is 31.2. The molecule has 1 saturated carbocycles. The molecule has 6 N–H and O–H groups in total. The fourth-order valence-corrected chi connectivity index (χ4v) is 6.77. The number of rotatable bonds is 19. The third-order valence-corrected chi connectivity index (χ3v) is 10.5. The minimum Gasteiger partial charge on any atom is -0.495 e. The van der Waals surface area contributed by atoms with Crippen LogP contribution in [0, 0.1) is 17.3 Å². The van der Waals surface area contributed by atoms with Crippen LogP contribution >= 0.6 is 11.6 Å². The Bertz CT molecular complexity index is 1590. The van der Waals surface area contributed by atoms with Gasteiger partial charge in [-0.3, -0.25) is 14.4 Å². The zero-order valence-electron chi connectivity index (χ0n) is 30.5. The van der Waals surface area contributed by atoms with E-state index >= 15 is 0 Å². The molecule has 1 saturated heterocycles. The highest BCUT2D eigenvalue weighted by Crippen LogP contribution is 2.50. The van der Waals surface area contributed by atoms with Crippen LogP contribution in [0.4, 0.5) is 0 Å². The number of halogens is 1. The Morgan fingerprint density at radius 2 is 1.73 bits per heavy atom. The van der Waals surface area contributed by atoms with Crippen LogP contribution in [-0.4, -0.2) is 59.6 Å². The predicted octanol–water partition coefficient (Wildman–Crippen LogP) is 5.24. The lowest BCUT2D eigenvalue weighted by Gasteiger charge is -2.36. The molecule has 0 aromatic heterocycles. The Morgan fingerprint density at radius 1 is 1.06 bits per heavy atom. The first-order valence-electron chi connectivity index (χ1n) is 17.7. The van der Waals surface area contributed by atoms with Gasteiger partial charge in [0, 0.05) is 13.0 Å². The van der Waals surface area contributed by atoms with Crippen LogP contribution in [0.2, 0.25) is 5.02 Å². The number of hydrogen-bond acceptors (Lipinski definition) is 7. The zero-order chi connectivity index (χ0) is 37.5. The van der Waals surface area contributed by atoms with Gasteiger partial charge in [0.15, 0.2) is 0 Å². The Labute approximate surface area is 306 Å². The molecule has 1 aliphatic carbocycles. The lowest BCUT2D eigenvalue weighted by molar-refractivity contribution is -0.145. The number of aliphatic carboxylic acids is 1. The molecule has 4 unspecified atom stereocenters. The van der Waals surface area contributed by atoms with Crippen molar-refractivity contribution in [3.8, 4) is 5.75 Å². The molecule has 5 atom stereocenters. The summed E-state index contributed by atoms with van der Waals surface area (Å²) in [4.78, 5) is 52.4. The summed E-state index contributed by atoms with van der Waals surface area (Å²) in [5.74, 6) is -1.63. The summed E-state index contributed by atoms with van der Waals surface area (Å²) < 4.78 is 11.2. The minimum absolute atomic E-state index is 0.0577. The molecule has 1 heterocycles. The second kappa shape index (κ2) is 17.1. The van der Waals surface area contributed by atoms with Crippen molar-refractivity contribution in [2.75, 3.05) is 7.11 Å². The maximum absolute atomic E-state index is 13.9. The maximum Gasteiger partial charge on any atom is 0.326 e. The van der Waals surface area contributed by atoms with Crippen molar-refractivity contribution < 1.29 is 33.8 Å². The van der Waals surface area contributed by atoms with Crippen LogP contribution < -0.4 is 26.4 Å². The Kier molecular flexibility index (Phi) is 13.3. The van der Waals surface area contributed by atoms with Crippen molar-refractivity contribution in [3.63, 3.8) is 0 Å². The van der Waals surface area contributed by atoms with E-state index in [2.05, 4.69) is 35.0 Å². The van der Waals surface area contributed by atoms with Crippen LogP contribution in [-0.2, 0) is 36.9 Å². The largest absolute Gasteiger partial charge is 0.495 e. The van der Waals surface area contributed by atoms with Crippen LogP contribution in [0.3, 0.4) is 0 Å². The normalized spacial score (nSPS) is 19.5. The van der Waals surface area contributed by atoms with Gasteiger partial charge in [0.1, 0.15) is 23.9 Å². The third kappa shape index (κ3) is 10.3. The van der Waals surface area contributed by atoms with Crippen LogP contribution in [0.25, 0.3) is 0 Å². The number of benzene rings is 2. The van der Waals surface area contributed by atoms with Gasteiger partial charge >= 0.3 is 5.97 Å². The van der Waals surface area contributed by atoms with Gasteiger partial charge in [-0.1, -0.05) is 68.8 Å². The van der Waals surface area contributed by atoms with E-state index in [9.17, 15) is 24.3 Å². The Morgan fingerprint density at radius 3 is 2.29 bits per heavy atom. The lowest BCUT2D eigenvalue weighted by atomic mass is 9.80. The summed E-state index contributed by atoms with van der Waals surface area (Å²) in [5.41, 5.74) is 6.59. The average molecular weight is 725 g/mol. The van der Waals surface area contributed by atoms with Crippen LogP contribution in [0.1, 0.15) is 89.5 Å². The maximum atomic E-state index is 13.9. The average Bonchev–Trinajstić information content (AvgIpc) is 4.02. The first-order chi connectivity index (χ1) is 24.1. The molecule has 51 heavy (non-hydrogen) atoms. The first kappa shape index (κ1) is 39.8. The summed E-state index contributed by atoms with van der Waals surface area (Å²) >= 11 is 6.37. The van der Waals surface area contributed by atoms with E-state index in [1.165, 1.54) is 13.2 Å². The van der Waals surface area contributed by atoms with E-state index in [1.54, 1.807) is 38.1 Å². The van der Waals surface area contributed by atoms with Crippen molar-refractivity contribution in [2.24, 2.45) is 23.0 Å². The first-order valence-corrected chi connectivity index (χ1v) is 18.1. The Hall–Kier alpha value is -3.93. The number of methoxy groups -OCH3 is 1. The quantitative estimate of drug-likeness (QED) is 0.0967. The summed E-state index contributed by atoms with van der Waals surface area (Å²) in [6.45, 7) is 9.82. The minimum atomic E-state index is -1.12. The molecule has 1 aliphatic heterocycles. The number of carbonyl (C=O) groups excluding carboxylic acids is 3. The second-order valence-corrected chi connectivity index (χ2v) is 15.3. The monoisotopic (exact) mass is 724 g/mol. The fourth-order valence-electron chi connectivity index (χ4n) is 6.49. The number of carboxylic acids is 1. The van der Waals surface area contributed by atoms with Gasteiger partial charge in [0.25, 0.3) is 0 Å². The highest BCUT2D eigenvalue weighted by Gasteiger charge is 2.59. The smallest absolute Gasteiger partial charge is 0.326 e. The summed E-state index contributed by atoms with van der Waals surface area (Å²) in [7, 11) is 1.51. The molecular formula is C39H53ClN4O7. The van der Waals surface area contributed by atoms with Gasteiger partial charge in [-0.05, 0) is 92.7 Å². The van der Waals surface area contributed by atoms with E-state index in [0.717, 1.165) is 17.5 Å². The number of nitrogens with two attached hydrogens (primary N) is 1. The number of carboxylic acid groups (broad SMARTS) is 1. The van der Waals surface area contributed by atoms with Crippen LogP contribution in [0.5, 0.6) is 5.75 Å². The molecule has 278 valence electrons. The van der Waals surface area contributed by atoms with E-state index in [-0.39, 0.29) is 36.9 Å². The molecule has 2 aromatic rings. The highest BCUT2D eigenvalue weighted by atomic mass is 35.5. The summed E-state index contributed by atoms with van der Waals surface area (Å²) in [6.07, 6.45) is 6.36. The number of nitrogens with one attached hydrogen (secondary N) is 3. The number of hydrogen-bond donors (Lipinski definition) is 5. The third-order valence-electron chi connectivity index (χ3n) is 10.2. The lowest BCUT2D eigenvalue weighted by Crippen LogP contribution is -2.60. The molecule has 0 bridgehead atoms. The second-order valence-electron chi connectivity index (χ2n) is 14.8. The van der Waals surface area contributed by atoms with Crippen molar-refractivity contribution in [1.29, 1.82) is 0 Å². The van der Waals surface area contributed by atoms with Gasteiger partial charge in [-0.25, -0.2) is 4.79 Å². The van der Waals surface area contributed by atoms with E-state index in [1.807, 2.05) is 26.0 Å². The molecule has 2 aromatic carbocycles. The van der Waals surface area contributed by atoms with Crippen molar-refractivity contribution in [1.82, 2.24) is 16.0 Å². The number of allylic oxidation sites excluding steroid dienone is 1. The van der Waals surface area contributed by atoms with Gasteiger partial charge in [-0.15, -0.1) is 0 Å². The molecule has 2 aliphatic rings. The summed E-state index contributed by atoms with van der Waals surface area (Å²) in [6, 6.07) is 11.3. The van der Waals surface area contributed by atoms with E-state index in [4.69, 9.17) is 26.8 Å². The SMILES string of the molecule is COc1ccc(C[C@@H](NC(=O)/C=C/CCC(C)C2OC2c2ccc(CN)cc2)C(=O)NC2(C(C)(C)C(=O)NC(CC(C)C)C(=O)O)CC2)cc1Cl. The highest BCUT2D eigenvalue weighted by molar-refractivity contribution is 6.32. The standard InChI is InChI=1S/C39H53ClN4O7/c1-23(2)19-30(36(47)48)43-37(49)38(4,5)39(17-18-39)44-35(46)29(21-26-13-16-31(50-6)28(40)20-26)42-32(45)10-8-7-9-24(3)33-34(51-33)27-14-11-25(22-41)12-15-27/h8,10-16,20,23-24,29-30,33-34H,7,9,17-19,21-22,41H2,1-6H3,(H,42,45)(H,43,49)(H,44,46)(H,47,48)/b10-8+/t24?,29-,30?,33?,34?/m1/s1. The van der Waals surface area contributed by atoms with E-state index < -0.39 is 46.7 Å². The predicted molar refractivity (Wildman–Crippen MR) is 196 cm³/mol. The number of ether oxygens (including phenoxy) is 2. The topological polar surface area (TPSA) is 172 Å². The molecule has 3 amide bonds. The molecule has 2 fully saturated rings. The number of carbonyl (C=O) groups is 4. The number of epoxide rings is 1. The van der Waals surface area contributed by atoms with Gasteiger partial charge in [0.2, 0.25) is 17.7 Å². The van der Waals surface area contributed by atoms with Crippen molar-refractivity contribution >= 4 is 35.3 Å². The summed E-state index contributed by atoms with van der Waals surface area (Å²) in [5, 5.41) is 18.7.